The monoisotopic (exact) mass is 198 g/mol. The molecule has 3 heteroatoms. The van der Waals surface area contributed by atoms with E-state index in [9.17, 15) is 0 Å². The molecule has 0 saturated carbocycles. The average molecular weight is 198 g/mol. The van der Waals surface area contributed by atoms with Crippen LogP contribution in [0.4, 0.5) is 0 Å². The summed E-state index contributed by atoms with van der Waals surface area (Å²) >= 11 is 0. The van der Waals surface area contributed by atoms with E-state index < -0.39 is 0 Å². The van der Waals surface area contributed by atoms with Crippen LogP contribution in [0.3, 0.4) is 0 Å². The van der Waals surface area contributed by atoms with Crippen LogP contribution in [-0.2, 0) is 4.74 Å². The number of nitrogens with zero attached hydrogens (tertiary/aromatic N) is 1. The van der Waals surface area contributed by atoms with Crippen molar-refractivity contribution in [2.45, 2.75) is 38.8 Å². The van der Waals surface area contributed by atoms with E-state index in [-0.39, 0.29) is 5.41 Å². The molecular weight excluding hydrogens is 176 g/mol. The summed E-state index contributed by atoms with van der Waals surface area (Å²) in [6.07, 6.45) is 2.93. The minimum atomic E-state index is 0.276. The highest BCUT2D eigenvalue weighted by atomic mass is 16.5. The summed E-state index contributed by atoms with van der Waals surface area (Å²) < 4.78 is 5.64. The molecule has 2 heterocycles. The van der Waals surface area contributed by atoms with E-state index >= 15 is 0 Å². The van der Waals surface area contributed by atoms with E-state index in [0.29, 0.717) is 12.1 Å². The first-order chi connectivity index (χ1) is 6.58. The van der Waals surface area contributed by atoms with Crippen molar-refractivity contribution < 1.29 is 4.74 Å². The van der Waals surface area contributed by atoms with Crippen LogP contribution in [0, 0.1) is 5.41 Å². The molecule has 0 amide bonds. The SMILES string of the molecule is CC1(C)CN(CC2CCCO2)CC1N. The molecule has 0 aromatic heterocycles. The first-order valence-corrected chi connectivity index (χ1v) is 5.67. The van der Waals surface area contributed by atoms with Crippen molar-refractivity contribution in [1.29, 1.82) is 0 Å². The molecule has 2 rings (SSSR count). The van der Waals surface area contributed by atoms with Crippen molar-refractivity contribution in [2.24, 2.45) is 11.1 Å². The van der Waals surface area contributed by atoms with Gasteiger partial charge < -0.3 is 10.5 Å². The van der Waals surface area contributed by atoms with Crippen molar-refractivity contribution in [2.75, 3.05) is 26.2 Å². The second-order valence-electron chi connectivity index (χ2n) is 5.42. The second kappa shape index (κ2) is 3.80. The first-order valence-electron chi connectivity index (χ1n) is 5.67. The Morgan fingerprint density at radius 2 is 2.29 bits per heavy atom. The number of likely N-dealkylation sites (tertiary alicyclic amines) is 1. The van der Waals surface area contributed by atoms with Crippen LogP contribution in [0.5, 0.6) is 0 Å². The third-order valence-electron chi connectivity index (χ3n) is 3.58. The second-order valence-corrected chi connectivity index (χ2v) is 5.42. The third kappa shape index (κ3) is 2.10. The molecule has 0 aromatic carbocycles. The number of rotatable bonds is 2. The average Bonchev–Trinajstić information content (AvgIpc) is 2.62. The summed E-state index contributed by atoms with van der Waals surface area (Å²) in [5, 5.41) is 0. The zero-order valence-electron chi connectivity index (χ0n) is 9.33. The highest BCUT2D eigenvalue weighted by molar-refractivity contribution is 4.94. The lowest BCUT2D eigenvalue weighted by Crippen LogP contribution is -2.35. The maximum atomic E-state index is 6.09. The van der Waals surface area contributed by atoms with Crippen LogP contribution < -0.4 is 5.73 Å². The molecule has 0 spiro atoms. The van der Waals surface area contributed by atoms with E-state index in [1.165, 1.54) is 12.8 Å². The number of nitrogens with two attached hydrogens (primary N) is 1. The molecule has 2 saturated heterocycles. The molecule has 0 aromatic rings. The molecule has 2 unspecified atom stereocenters. The van der Waals surface area contributed by atoms with Crippen LogP contribution in [0.2, 0.25) is 0 Å². The number of hydrogen-bond donors (Lipinski definition) is 1. The van der Waals surface area contributed by atoms with Crippen molar-refractivity contribution >= 4 is 0 Å². The molecule has 0 aliphatic carbocycles. The minimum absolute atomic E-state index is 0.276. The lowest BCUT2D eigenvalue weighted by molar-refractivity contribution is 0.0779. The highest BCUT2D eigenvalue weighted by Gasteiger charge is 2.37. The van der Waals surface area contributed by atoms with Crippen LogP contribution in [-0.4, -0.2) is 43.3 Å². The number of ether oxygens (including phenoxy) is 1. The third-order valence-corrected chi connectivity index (χ3v) is 3.58. The first kappa shape index (κ1) is 10.4. The summed E-state index contributed by atoms with van der Waals surface area (Å²) in [4.78, 5) is 2.46. The van der Waals surface area contributed by atoms with Crippen LogP contribution in [0.15, 0.2) is 0 Å². The van der Waals surface area contributed by atoms with Crippen LogP contribution in [0.1, 0.15) is 26.7 Å². The molecular formula is C11H22N2O. The van der Waals surface area contributed by atoms with Gasteiger partial charge in [0, 0.05) is 32.3 Å². The highest BCUT2D eigenvalue weighted by Crippen LogP contribution is 2.28. The maximum absolute atomic E-state index is 6.09. The molecule has 82 valence electrons. The molecule has 3 nitrogen and oxygen atoms in total. The zero-order valence-corrected chi connectivity index (χ0v) is 9.33. The van der Waals surface area contributed by atoms with Gasteiger partial charge in [0.15, 0.2) is 0 Å². The van der Waals surface area contributed by atoms with E-state index in [4.69, 9.17) is 10.5 Å². The Morgan fingerprint density at radius 1 is 1.50 bits per heavy atom. The van der Waals surface area contributed by atoms with Gasteiger partial charge in [-0.3, -0.25) is 4.90 Å². The number of hydrogen-bond acceptors (Lipinski definition) is 3. The fraction of sp³-hybridized carbons (Fsp3) is 1.00. The van der Waals surface area contributed by atoms with E-state index in [1.54, 1.807) is 0 Å². The normalized spacial score (nSPS) is 37.9. The standard InChI is InChI=1S/C11H22N2O/c1-11(2)8-13(7-10(11)12)6-9-4-3-5-14-9/h9-10H,3-8,12H2,1-2H3. The minimum Gasteiger partial charge on any atom is -0.377 e. The van der Waals surface area contributed by atoms with Crippen molar-refractivity contribution in [1.82, 2.24) is 4.90 Å². The van der Waals surface area contributed by atoms with Gasteiger partial charge in [-0.25, -0.2) is 0 Å². The Kier molecular flexibility index (Phi) is 2.82. The molecule has 2 aliphatic heterocycles. The predicted octanol–water partition coefficient (Wildman–Crippen LogP) is 0.835. The Hall–Kier alpha value is -0.120. The Morgan fingerprint density at radius 3 is 2.79 bits per heavy atom. The van der Waals surface area contributed by atoms with Crippen molar-refractivity contribution in [3.8, 4) is 0 Å². The molecule has 0 bridgehead atoms. The Balaban J connectivity index is 1.83. The molecule has 2 fully saturated rings. The van der Waals surface area contributed by atoms with Gasteiger partial charge in [0.05, 0.1) is 6.10 Å². The van der Waals surface area contributed by atoms with Crippen LogP contribution >= 0.6 is 0 Å². The van der Waals surface area contributed by atoms with E-state index in [0.717, 1.165) is 26.2 Å². The van der Waals surface area contributed by atoms with E-state index in [1.807, 2.05) is 0 Å². The van der Waals surface area contributed by atoms with Gasteiger partial charge in [0.25, 0.3) is 0 Å². The van der Waals surface area contributed by atoms with Gasteiger partial charge >= 0.3 is 0 Å². The largest absolute Gasteiger partial charge is 0.377 e. The Bertz CT molecular complexity index is 199. The lowest BCUT2D eigenvalue weighted by Gasteiger charge is -2.23. The zero-order chi connectivity index (χ0) is 10.2. The summed E-state index contributed by atoms with van der Waals surface area (Å²) in [6, 6.07) is 0.323. The van der Waals surface area contributed by atoms with Gasteiger partial charge in [-0.05, 0) is 18.3 Å². The van der Waals surface area contributed by atoms with Gasteiger partial charge in [0.2, 0.25) is 0 Å². The fourth-order valence-corrected chi connectivity index (χ4v) is 2.50. The van der Waals surface area contributed by atoms with Gasteiger partial charge in [-0.15, -0.1) is 0 Å². The lowest BCUT2D eigenvalue weighted by atomic mass is 9.89. The molecule has 2 atom stereocenters. The van der Waals surface area contributed by atoms with Gasteiger partial charge in [0.1, 0.15) is 0 Å². The summed E-state index contributed by atoms with van der Waals surface area (Å²) in [7, 11) is 0. The molecule has 14 heavy (non-hydrogen) atoms. The fourth-order valence-electron chi connectivity index (χ4n) is 2.50. The maximum Gasteiger partial charge on any atom is 0.0702 e. The van der Waals surface area contributed by atoms with Gasteiger partial charge in [-0.1, -0.05) is 13.8 Å². The topological polar surface area (TPSA) is 38.5 Å². The van der Waals surface area contributed by atoms with Crippen LogP contribution in [0.25, 0.3) is 0 Å². The Labute approximate surface area is 86.6 Å². The van der Waals surface area contributed by atoms with Gasteiger partial charge in [-0.2, -0.15) is 0 Å². The summed E-state index contributed by atoms with van der Waals surface area (Å²) in [6.45, 7) is 8.70. The summed E-state index contributed by atoms with van der Waals surface area (Å²) in [5.74, 6) is 0. The molecule has 0 radical (unpaired) electrons. The quantitative estimate of drug-likeness (QED) is 0.714. The molecule has 2 N–H and O–H groups in total. The van der Waals surface area contributed by atoms with Crippen molar-refractivity contribution in [3.63, 3.8) is 0 Å². The molecule has 2 aliphatic rings. The van der Waals surface area contributed by atoms with Crippen molar-refractivity contribution in [3.05, 3.63) is 0 Å². The predicted molar refractivity (Wildman–Crippen MR) is 57.2 cm³/mol. The summed E-state index contributed by atoms with van der Waals surface area (Å²) in [5.41, 5.74) is 6.37. The smallest absolute Gasteiger partial charge is 0.0702 e. The van der Waals surface area contributed by atoms with E-state index in [2.05, 4.69) is 18.7 Å².